The van der Waals surface area contributed by atoms with Crippen LogP contribution in [0.1, 0.15) is 5.56 Å². The molecule has 0 aliphatic heterocycles. The molecule has 0 saturated heterocycles. The Balaban J connectivity index is 2.09. The number of halogens is 1. The van der Waals surface area contributed by atoms with Gasteiger partial charge in [-0.05, 0) is 42.0 Å². The molecule has 0 aliphatic rings. The summed E-state index contributed by atoms with van der Waals surface area (Å²) in [6.45, 7) is 0. The molecule has 24 heavy (non-hydrogen) atoms. The monoisotopic (exact) mass is 366 g/mol. The Morgan fingerprint density at radius 3 is 2.62 bits per heavy atom. The lowest BCUT2D eigenvalue weighted by atomic mass is 10.2. The highest BCUT2D eigenvalue weighted by molar-refractivity contribution is 7.89. The van der Waals surface area contributed by atoms with Crippen LogP contribution in [0.15, 0.2) is 53.4 Å². The summed E-state index contributed by atoms with van der Waals surface area (Å²) in [6, 6.07) is 10.8. The van der Waals surface area contributed by atoms with E-state index in [-0.39, 0.29) is 4.90 Å². The Hall–Kier alpha value is -2.35. The van der Waals surface area contributed by atoms with Gasteiger partial charge in [-0.15, -0.1) is 0 Å². The number of amides is 1. The number of hydrogen-bond acceptors (Lipinski definition) is 4. The third-order valence-electron chi connectivity index (χ3n) is 3.03. The number of rotatable bonds is 5. The zero-order valence-electron chi connectivity index (χ0n) is 12.7. The number of carbonyl (C=O) groups excluding carboxylic acids is 1. The second kappa shape index (κ2) is 7.48. The molecule has 0 heterocycles. The lowest BCUT2D eigenvalue weighted by Gasteiger charge is -2.05. The molecular weight excluding hydrogens is 352 g/mol. The molecule has 0 radical (unpaired) electrons. The number of benzene rings is 2. The summed E-state index contributed by atoms with van der Waals surface area (Å²) in [7, 11) is -2.31. The van der Waals surface area contributed by atoms with Crippen molar-refractivity contribution in [2.45, 2.75) is 4.90 Å². The molecule has 8 heteroatoms. The molecule has 126 valence electrons. The van der Waals surface area contributed by atoms with Gasteiger partial charge in [0.05, 0.1) is 17.0 Å². The van der Waals surface area contributed by atoms with Crippen molar-refractivity contribution in [1.82, 2.24) is 0 Å². The minimum Gasteiger partial charge on any atom is -0.495 e. The summed E-state index contributed by atoms with van der Waals surface area (Å²) in [5.74, 6) is 0.117. The Morgan fingerprint density at radius 1 is 1.25 bits per heavy atom. The van der Waals surface area contributed by atoms with E-state index in [4.69, 9.17) is 21.5 Å². The minimum atomic E-state index is -3.82. The maximum atomic E-state index is 11.9. The van der Waals surface area contributed by atoms with Gasteiger partial charge in [-0.3, -0.25) is 4.79 Å². The molecule has 0 aromatic heterocycles. The molecule has 0 atom stereocenters. The van der Waals surface area contributed by atoms with E-state index in [1.807, 2.05) is 0 Å². The van der Waals surface area contributed by atoms with E-state index < -0.39 is 15.9 Å². The number of primary sulfonamides is 1. The van der Waals surface area contributed by atoms with Crippen LogP contribution >= 0.6 is 11.6 Å². The molecule has 0 aliphatic carbocycles. The van der Waals surface area contributed by atoms with Crippen LogP contribution in [0.2, 0.25) is 5.02 Å². The molecular formula is C16H15ClN2O4S. The fourth-order valence-corrected chi connectivity index (χ4v) is 2.72. The van der Waals surface area contributed by atoms with Crippen molar-refractivity contribution >= 4 is 39.3 Å². The zero-order valence-corrected chi connectivity index (χ0v) is 14.3. The van der Waals surface area contributed by atoms with E-state index in [0.29, 0.717) is 22.0 Å². The summed E-state index contributed by atoms with van der Waals surface area (Å²) in [5, 5.41) is 8.04. The number of carbonyl (C=O) groups is 1. The van der Waals surface area contributed by atoms with Gasteiger partial charge in [0.2, 0.25) is 15.9 Å². The average molecular weight is 367 g/mol. The van der Waals surface area contributed by atoms with E-state index in [1.54, 1.807) is 30.3 Å². The molecule has 0 unspecified atom stereocenters. The highest BCUT2D eigenvalue weighted by atomic mass is 35.5. The molecule has 1 amide bonds. The minimum absolute atomic E-state index is 0.0776. The van der Waals surface area contributed by atoms with Crippen molar-refractivity contribution in [2.24, 2.45) is 5.14 Å². The smallest absolute Gasteiger partial charge is 0.248 e. The highest BCUT2D eigenvalue weighted by Gasteiger charge is 2.08. The van der Waals surface area contributed by atoms with Crippen LogP contribution in [0.3, 0.4) is 0 Å². The molecule has 0 fully saturated rings. The van der Waals surface area contributed by atoms with Gasteiger partial charge in [0.25, 0.3) is 0 Å². The van der Waals surface area contributed by atoms with E-state index in [1.165, 1.54) is 31.4 Å². The third-order valence-corrected chi connectivity index (χ3v) is 4.24. The van der Waals surface area contributed by atoms with Gasteiger partial charge in [0.15, 0.2) is 0 Å². The maximum Gasteiger partial charge on any atom is 0.248 e. The maximum absolute atomic E-state index is 11.9. The molecule has 0 bridgehead atoms. The van der Waals surface area contributed by atoms with Gasteiger partial charge in [0, 0.05) is 11.8 Å². The predicted octanol–water partition coefficient (Wildman–Crippen LogP) is 2.65. The fraction of sp³-hybridized carbons (Fsp3) is 0.0625. The molecule has 3 N–H and O–H groups in total. The van der Waals surface area contributed by atoms with Gasteiger partial charge in [-0.25, -0.2) is 13.6 Å². The summed E-state index contributed by atoms with van der Waals surface area (Å²) >= 11 is 6.01. The van der Waals surface area contributed by atoms with Crippen molar-refractivity contribution in [2.75, 3.05) is 12.4 Å². The molecule has 2 aromatic carbocycles. The molecule has 6 nitrogen and oxygen atoms in total. The SMILES string of the molecule is COc1ccc(/C=C/C(=O)Nc2cccc(S(N)(=O)=O)c2)cc1Cl. The summed E-state index contributed by atoms with van der Waals surface area (Å²) in [6.07, 6.45) is 2.88. The fourth-order valence-electron chi connectivity index (χ4n) is 1.89. The van der Waals surface area contributed by atoms with Gasteiger partial charge < -0.3 is 10.1 Å². The van der Waals surface area contributed by atoms with E-state index in [2.05, 4.69) is 5.32 Å². The van der Waals surface area contributed by atoms with Crippen molar-refractivity contribution in [3.8, 4) is 5.75 Å². The Kier molecular flexibility index (Phi) is 5.61. The number of anilines is 1. The molecule has 2 aromatic rings. The second-order valence-electron chi connectivity index (χ2n) is 4.79. The Morgan fingerprint density at radius 2 is 2.00 bits per heavy atom. The van der Waals surface area contributed by atoms with Crippen LogP contribution in [-0.2, 0) is 14.8 Å². The number of hydrogen-bond donors (Lipinski definition) is 2. The topological polar surface area (TPSA) is 98.5 Å². The predicted molar refractivity (Wildman–Crippen MR) is 93.5 cm³/mol. The zero-order chi connectivity index (χ0) is 17.7. The number of sulfonamides is 1. The average Bonchev–Trinajstić information content (AvgIpc) is 2.52. The van der Waals surface area contributed by atoms with Gasteiger partial charge in [-0.2, -0.15) is 0 Å². The summed E-state index contributed by atoms with van der Waals surface area (Å²) in [4.78, 5) is 11.8. The van der Waals surface area contributed by atoms with Crippen LogP contribution < -0.4 is 15.2 Å². The first-order valence-electron chi connectivity index (χ1n) is 6.75. The van der Waals surface area contributed by atoms with Crippen molar-refractivity contribution < 1.29 is 17.9 Å². The van der Waals surface area contributed by atoms with E-state index in [0.717, 1.165) is 0 Å². The summed E-state index contributed by atoms with van der Waals surface area (Å²) < 4.78 is 27.6. The van der Waals surface area contributed by atoms with Crippen LogP contribution in [-0.4, -0.2) is 21.4 Å². The highest BCUT2D eigenvalue weighted by Crippen LogP contribution is 2.25. The Labute approximate surface area is 144 Å². The van der Waals surface area contributed by atoms with E-state index in [9.17, 15) is 13.2 Å². The van der Waals surface area contributed by atoms with Crippen molar-refractivity contribution in [3.63, 3.8) is 0 Å². The van der Waals surface area contributed by atoms with Gasteiger partial charge in [-0.1, -0.05) is 23.7 Å². The van der Waals surface area contributed by atoms with Crippen molar-refractivity contribution in [3.05, 3.63) is 59.1 Å². The lowest BCUT2D eigenvalue weighted by Crippen LogP contribution is -2.13. The Bertz CT molecular complexity index is 895. The van der Waals surface area contributed by atoms with Gasteiger partial charge >= 0.3 is 0 Å². The third kappa shape index (κ3) is 4.82. The summed E-state index contributed by atoms with van der Waals surface area (Å²) in [5.41, 5.74) is 1.04. The van der Waals surface area contributed by atoms with Crippen molar-refractivity contribution in [1.29, 1.82) is 0 Å². The normalized spacial score (nSPS) is 11.5. The first-order valence-corrected chi connectivity index (χ1v) is 8.67. The van der Waals surface area contributed by atoms with Crippen LogP contribution in [0.4, 0.5) is 5.69 Å². The van der Waals surface area contributed by atoms with Gasteiger partial charge in [0.1, 0.15) is 5.75 Å². The number of nitrogens with one attached hydrogen (secondary N) is 1. The largest absolute Gasteiger partial charge is 0.495 e. The number of methoxy groups -OCH3 is 1. The number of nitrogens with two attached hydrogens (primary N) is 1. The standard InChI is InChI=1S/C16H15ClN2O4S/c1-23-15-7-5-11(9-14(15)17)6-8-16(20)19-12-3-2-4-13(10-12)24(18,21)22/h2-10H,1H3,(H,19,20)(H2,18,21,22)/b8-6+. The lowest BCUT2D eigenvalue weighted by molar-refractivity contribution is -0.111. The van der Waals surface area contributed by atoms with Crippen LogP contribution in [0.25, 0.3) is 6.08 Å². The quantitative estimate of drug-likeness (QED) is 0.794. The number of ether oxygens (including phenoxy) is 1. The van der Waals surface area contributed by atoms with E-state index >= 15 is 0 Å². The second-order valence-corrected chi connectivity index (χ2v) is 6.76. The molecule has 0 saturated carbocycles. The molecule has 2 rings (SSSR count). The molecule has 0 spiro atoms. The van der Waals surface area contributed by atoms with Crippen LogP contribution in [0.5, 0.6) is 5.75 Å². The first kappa shape index (κ1) is 18.0. The first-order chi connectivity index (χ1) is 11.3. The van der Waals surface area contributed by atoms with Crippen LogP contribution in [0, 0.1) is 0 Å².